The van der Waals surface area contributed by atoms with Crippen LogP contribution < -0.4 is 0 Å². The van der Waals surface area contributed by atoms with Gasteiger partial charge in [0, 0.05) is 29.6 Å². The Kier molecular flexibility index (Phi) is 6.90. The van der Waals surface area contributed by atoms with Crippen LogP contribution in [0.25, 0.3) is 11.1 Å². The Labute approximate surface area is 181 Å². The minimum Gasteiger partial charge on any atom is -0.453 e. The van der Waals surface area contributed by atoms with Crippen molar-refractivity contribution in [1.29, 1.82) is 0 Å². The van der Waals surface area contributed by atoms with Gasteiger partial charge in [0.25, 0.3) is 0 Å². The minimum atomic E-state index is -0.476. The van der Waals surface area contributed by atoms with Crippen molar-refractivity contribution in [3.63, 3.8) is 0 Å². The van der Waals surface area contributed by atoms with Crippen LogP contribution in [0, 0.1) is 20.8 Å². The molecule has 5 nitrogen and oxygen atoms in total. The third-order valence-electron chi connectivity index (χ3n) is 5.18. The van der Waals surface area contributed by atoms with Crippen molar-refractivity contribution in [2.24, 2.45) is 0 Å². The van der Waals surface area contributed by atoms with Crippen molar-refractivity contribution in [3.8, 4) is 11.1 Å². The van der Waals surface area contributed by atoms with Crippen molar-refractivity contribution >= 4 is 23.1 Å². The Morgan fingerprint density at radius 1 is 1.10 bits per heavy atom. The third kappa shape index (κ3) is 4.55. The van der Waals surface area contributed by atoms with Gasteiger partial charge in [-0.3, -0.25) is 4.79 Å². The second-order valence-corrected chi connectivity index (χ2v) is 8.40. The van der Waals surface area contributed by atoms with Gasteiger partial charge in [0.15, 0.2) is 6.61 Å². The molecule has 0 unspecified atom stereocenters. The van der Waals surface area contributed by atoms with Gasteiger partial charge in [-0.2, -0.15) is 0 Å². The van der Waals surface area contributed by atoms with Crippen molar-refractivity contribution in [2.75, 3.05) is 20.3 Å². The second-order valence-electron chi connectivity index (χ2n) is 7.49. The first-order valence-electron chi connectivity index (χ1n) is 9.85. The molecule has 6 heteroatoms. The molecule has 0 aliphatic carbocycles. The molecule has 2 heterocycles. The number of ketones is 1. The SMILES string of the molecule is COC[C@@H](C)n1c(C)cc(C(=O)COC(=O)c2sccc2-c2ccc(C)cc2)c1C. The number of esters is 1. The smallest absolute Gasteiger partial charge is 0.349 e. The molecule has 3 aromatic rings. The summed E-state index contributed by atoms with van der Waals surface area (Å²) in [4.78, 5) is 25.9. The van der Waals surface area contributed by atoms with Gasteiger partial charge in [-0.05, 0) is 50.8 Å². The average Bonchev–Trinajstić information content (AvgIpc) is 3.31. The van der Waals surface area contributed by atoms with E-state index in [4.69, 9.17) is 9.47 Å². The van der Waals surface area contributed by atoms with Gasteiger partial charge >= 0.3 is 5.97 Å². The quantitative estimate of drug-likeness (QED) is 0.359. The van der Waals surface area contributed by atoms with Gasteiger partial charge in [-0.15, -0.1) is 11.3 Å². The van der Waals surface area contributed by atoms with E-state index >= 15 is 0 Å². The van der Waals surface area contributed by atoms with Gasteiger partial charge < -0.3 is 14.0 Å². The largest absolute Gasteiger partial charge is 0.453 e. The molecule has 0 aliphatic heterocycles. The fourth-order valence-corrected chi connectivity index (χ4v) is 4.56. The van der Waals surface area contributed by atoms with Crippen molar-refractivity contribution in [1.82, 2.24) is 4.57 Å². The zero-order valence-electron chi connectivity index (χ0n) is 18.0. The number of nitrogens with zero attached hydrogens (tertiary/aromatic N) is 1. The molecular weight excluding hydrogens is 398 g/mol. The summed E-state index contributed by atoms with van der Waals surface area (Å²) in [6, 6.07) is 11.8. The summed E-state index contributed by atoms with van der Waals surface area (Å²) >= 11 is 1.32. The normalized spacial score (nSPS) is 12.0. The Bertz CT molecular complexity index is 1050. The number of ether oxygens (including phenoxy) is 2. The lowest BCUT2D eigenvalue weighted by Gasteiger charge is -2.17. The van der Waals surface area contributed by atoms with Crippen LogP contribution in [-0.2, 0) is 9.47 Å². The van der Waals surface area contributed by atoms with Crippen LogP contribution in [0.1, 0.15) is 49.9 Å². The topological polar surface area (TPSA) is 57.5 Å². The van der Waals surface area contributed by atoms with Crippen LogP contribution in [0.2, 0.25) is 0 Å². The Morgan fingerprint density at radius 3 is 2.47 bits per heavy atom. The summed E-state index contributed by atoms with van der Waals surface area (Å²) in [6.45, 7) is 8.20. The van der Waals surface area contributed by atoms with E-state index in [1.165, 1.54) is 11.3 Å². The second kappa shape index (κ2) is 9.41. The standard InChI is InChI=1S/C24H27NO4S/c1-15-6-8-19(9-7-15)20-10-11-30-23(20)24(27)29-14-22(26)21-12-16(2)25(18(21)4)17(3)13-28-5/h6-12,17H,13-14H2,1-5H3/t17-/m1/s1. The predicted molar refractivity (Wildman–Crippen MR) is 120 cm³/mol. The third-order valence-corrected chi connectivity index (χ3v) is 6.08. The lowest BCUT2D eigenvalue weighted by Crippen LogP contribution is -2.17. The number of carbonyl (C=O) groups is 2. The first-order valence-corrected chi connectivity index (χ1v) is 10.7. The van der Waals surface area contributed by atoms with E-state index in [0.717, 1.165) is 28.1 Å². The van der Waals surface area contributed by atoms with E-state index < -0.39 is 5.97 Å². The van der Waals surface area contributed by atoms with Crippen LogP contribution in [0.5, 0.6) is 0 Å². The summed E-state index contributed by atoms with van der Waals surface area (Å²) in [5.41, 5.74) is 5.34. The minimum absolute atomic E-state index is 0.113. The number of hydrogen-bond acceptors (Lipinski definition) is 5. The molecule has 0 saturated carbocycles. The number of rotatable bonds is 8. The summed E-state index contributed by atoms with van der Waals surface area (Å²) in [6.07, 6.45) is 0. The van der Waals surface area contributed by atoms with Crippen LogP contribution in [0.4, 0.5) is 0 Å². The highest BCUT2D eigenvalue weighted by atomic mass is 32.1. The molecule has 1 atom stereocenters. The molecule has 0 saturated heterocycles. The summed E-state index contributed by atoms with van der Waals surface area (Å²) < 4.78 is 12.7. The predicted octanol–water partition coefficient (Wildman–Crippen LogP) is 5.39. The molecule has 3 rings (SSSR count). The highest BCUT2D eigenvalue weighted by Gasteiger charge is 2.21. The number of benzene rings is 1. The highest BCUT2D eigenvalue weighted by molar-refractivity contribution is 7.12. The molecule has 0 fully saturated rings. The van der Waals surface area contributed by atoms with Crippen LogP contribution >= 0.6 is 11.3 Å². The molecule has 0 N–H and O–H groups in total. The van der Waals surface area contributed by atoms with Gasteiger partial charge in [-0.25, -0.2) is 4.79 Å². The van der Waals surface area contributed by atoms with E-state index in [2.05, 4.69) is 4.57 Å². The van der Waals surface area contributed by atoms with E-state index in [1.54, 1.807) is 7.11 Å². The molecule has 0 bridgehead atoms. The molecule has 0 amide bonds. The van der Waals surface area contributed by atoms with Crippen LogP contribution in [0.3, 0.4) is 0 Å². The number of hydrogen-bond donors (Lipinski definition) is 0. The Hall–Kier alpha value is -2.70. The molecule has 158 valence electrons. The van der Waals surface area contributed by atoms with Crippen molar-refractivity contribution in [3.05, 3.63) is 69.2 Å². The van der Waals surface area contributed by atoms with Crippen molar-refractivity contribution in [2.45, 2.75) is 33.7 Å². The number of thiophene rings is 1. The zero-order chi connectivity index (χ0) is 21.8. The number of Topliss-reactive ketones (excluding diaryl/α,β-unsaturated/α-hetero) is 1. The molecule has 0 radical (unpaired) electrons. The Morgan fingerprint density at radius 2 is 1.80 bits per heavy atom. The molecule has 1 aromatic carbocycles. The van der Waals surface area contributed by atoms with Crippen LogP contribution in [0.15, 0.2) is 41.8 Å². The number of carbonyl (C=O) groups excluding carboxylic acids is 2. The lowest BCUT2D eigenvalue weighted by atomic mass is 10.1. The number of methoxy groups -OCH3 is 1. The molecule has 30 heavy (non-hydrogen) atoms. The van der Waals surface area contributed by atoms with E-state index in [0.29, 0.717) is 17.0 Å². The molecular formula is C24H27NO4S. The summed E-state index contributed by atoms with van der Waals surface area (Å²) in [5, 5.41) is 1.86. The van der Waals surface area contributed by atoms with Gasteiger partial charge in [0.05, 0.1) is 12.6 Å². The van der Waals surface area contributed by atoms with Crippen LogP contribution in [-0.4, -0.2) is 36.6 Å². The van der Waals surface area contributed by atoms with Gasteiger partial charge in [0.1, 0.15) is 4.88 Å². The van der Waals surface area contributed by atoms with Crippen molar-refractivity contribution < 1.29 is 19.1 Å². The molecule has 0 aliphatic rings. The highest BCUT2D eigenvalue weighted by Crippen LogP contribution is 2.29. The van der Waals surface area contributed by atoms with E-state index in [9.17, 15) is 9.59 Å². The maximum absolute atomic E-state index is 12.8. The fourth-order valence-electron chi connectivity index (χ4n) is 3.76. The zero-order valence-corrected chi connectivity index (χ0v) is 18.8. The van der Waals surface area contributed by atoms with Gasteiger partial charge in [0.2, 0.25) is 5.78 Å². The first kappa shape index (κ1) is 22.0. The average molecular weight is 426 g/mol. The fraction of sp³-hybridized carbons (Fsp3) is 0.333. The Balaban J connectivity index is 1.72. The maximum Gasteiger partial charge on any atom is 0.349 e. The number of aryl methyl sites for hydroxylation is 2. The lowest BCUT2D eigenvalue weighted by molar-refractivity contribution is 0.0480. The van der Waals surface area contributed by atoms with E-state index in [-0.39, 0.29) is 18.4 Å². The molecule has 2 aromatic heterocycles. The summed E-state index contributed by atoms with van der Waals surface area (Å²) in [5.74, 6) is -0.684. The van der Waals surface area contributed by atoms with E-state index in [1.807, 2.05) is 69.5 Å². The molecule has 0 spiro atoms. The maximum atomic E-state index is 12.8. The monoisotopic (exact) mass is 425 g/mol. The first-order chi connectivity index (χ1) is 14.3. The number of aromatic nitrogens is 1. The van der Waals surface area contributed by atoms with Gasteiger partial charge in [-0.1, -0.05) is 29.8 Å². The summed E-state index contributed by atoms with van der Waals surface area (Å²) in [7, 11) is 1.66.